The van der Waals surface area contributed by atoms with E-state index in [1.54, 1.807) is 0 Å². The van der Waals surface area contributed by atoms with Gasteiger partial charge in [0, 0.05) is 18.8 Å². The van der Waals surface area contributed by atoms with Gasteiger partial charge in [-0.25, -0.2) is 0 Å². The van der Waals surface area contributed by atoms with Gasteiger partial charge in [0.05, 0.1) is 0 Å². The highest BCUT2D eigenvalue weighted by Crippen LogP contribution is 2.19. The van der Waals surface area contributed by atoms with Crippen LogP contribution in [0.3, 0.4) is 0 Å². The highest BCUT2D eigenvalue weighted by Gasteiger charge is 2.38. The molecule has 8 nitrogen and oxygen atoms in total. The molecule has 8 heteroatoms. The van der Waals surface area contributed by atoms with Crippen molar-refractivity contribution >= 4 is 0 Å². The third kappa shape index (κ3) is 11.6. The van der Waals surface area contributed by atoms with E-state index in [1.807, 2.05) is 0 Å². The largest absolute Gasteiger partial charge is 0.386 e. The van der Waals surface area contributed by atoms with Gasteiger partial charge in [0.2, 0.25) is 5.54 Å². The van der Waals surface area contributed by atoms with E-state index in [9.17, 15) is 15.2 Å². The van der Waals surface area contributed by atoms with Gasteiger partial charge in [-0.05, 0) is 6.42 Å². The normalized spacial score (nSPS) is 12.2. The summed E-state index contributed by atoms with van der Waals surface area (Å²) in [5, 5.41) is 34.0. The number of hydrogen-bond donors (Lipinski definition) is 2. The summed E-state index contributed by atoms with van der Waals surface area (Å²) in [4.78, 5) is 18.6. The number of nitro groups is 1. The lowest BCUT2D eigenvalue weighted by atomic mass is 9.93. The Balaban J connectivity index is 0. The molecule has 0 amide bonds. The monoisotopic (exact) mass is 294 g/mol. The fourth-order valence-corrected chi connectivity index (χ4v) is 1.59. The summed E-state index contributed by atoms with van der Waals surface area (Å²) in [6.45, 7) is 5.13. The second-order valence-electron chi connectivity index (χ2n) is 5.22. The molecule has 0 radical (unpaired) electrons. The molecule has 0 aromatic rings. The van der Waals surface area contributed by atoms with Crippen molar-refractivity contribution in [3.05, 3.63) is 20.2 Å². The van der Waals surface area contributed by atoms with Gasteiger partial charge < -0.3 is 10.3 Å². The Bertz CT molecular complexity index is 279. The molecule has 2 N–H and O–H groups in total. The van der Waals surface area contributed by atoms with Crippen molar-refractivity contribution in [3.8, 4) is 0 Å². The van der Waals surface area contributed by atoms with Gasteiger partial charge in [-0.3, -0.25) is 10.1 Å². The Kier molecular flexibility index (Phi) is 11.9. The van der Waals surface area contributed by atoms with Gasteiger partial charge in [0.15, 0.2) is 0 Å². The number of aliphatic hydroxyl groups is 1. The summed E-state index contributed by atoms with van der Waals surface area (Å²) in [5.41, 5.74) is -1.22. The third-order valence-electron chi connectivity index (χ3n) is 3.12. The summed E-state index contributed by atoms with van der Waals surface area (Å²) in [6, 6.07) is 0. The molecule has 0 aliphatic rings. The first-order valence-corrected chi connectivity index (χ1v) is 6.82. The molecular weight excluding hydrogens is 268 g/mol. The fourth-order valence-electron chi connectivity index (χ4n) is 1.59. The van der Waals surface area contributed by atoms with E-state index in [-0.39, 0.29) is 0 Å². The van der Waals surface area contributed by atoms with Crippen LogP contribution in [0.15, 0.2) is 0 Å². The number of hydrogen-bond acceptors (Lipinski definition) is 5. The van der Waals surface area contributed by atoms with E-state index in [0.29, 0.717) is 6.42 Å². The second kappa shape index (κ2) is 11.4. The lowest BCUT2D eigenvalue weighted by molar-refractivity contribution is -0.742. The summed E-state index contributed by atoms with van der Waals surface area (Å²) < 4.78 is 0. The molecule has 0 saturated carbocycles. The average Bonchev–Trinajstić information content (AvgIpc) is 2.32. The zero-order valence-electron chi connectivity index (χ0n) is 12.4. The standard InChI is InChI=1S/C12H25NO3.HNO3/c1-4-5-6-7-8-9-10-11(14)12(2,3)13(15)16;2-1(3)4/h11,14H,4-10H2,1-3H3;(H,2,3,4). The first-order valence-electron chi connectivity index (χ1n) is 6.82. The lowest BCUT2D eigenvalue weighted by Gasteiger charge is -2.21. The Labute approximate surface area is 119 Å². The first kappa shape index (κ1) is 20.9. The van der Waals surface area contributed by atoms with Crippen LogP contribution in [-0.4, -0.2) is 32.0 Å². The topological polar surface area (TPSA) is 127 Å². The van der Waals surface area contributed by atoms with Crippen LogP contribution in [0.4, 0.5) is 0 Å². The Hall–Kier alpha value is -1.44. The second-order valence-corrected chi connectivity index (χ2v) is 5.22. The molecule has 0 fully saturated rings. The van der Waals surface area contributed by atoms with E-state index in [1.165, 1.54) is 39.5 Å². The van der Waals surface area contributed by atoms with Crippen molar-refractivity contribution in [1.29, 1.82) is 0 Å². The number of nitrogens with zero attached hydrogens (tertiary/aromatic N) is 2. The van der Waals surface area contributed by atoms with Crippen molar-refractivity contribution in [2.24, 2.45) is 0 Å². The molecule has 0 aliphatic carbocycles. The van der Waals surface area contributed by atoms with Gasteiger partial charge >= 0.3 is 0 Å². The zero-order valence-corrected chi connectivity index (χ0v) is 12.4. The number of rotatable bonds is 9. The Morgan fingerprint density at radius 2 is 1.45 bits per heavy atom. The maximum atomic E-state index is 10.7. The zero-order chi connectivity index (χ0) is 16.2. The highest BCUT2D eigenvalue weighted by atomic mass is 16.9. The van der Waals surface area contributed by atoms with Gasteiger partial charge in [0.25, 0.3) is 5.09 Å². The number of unbranched alkanes of at least 4 members (excludes halogenated alkanes) is 5. The maximum Gasteiger partial charge on any atom is 0.291 e. The van der Waals surface area contributed by atoms with Crippen LogP contribution in [0, 0.1) is 20.2 Å². The average molecular weight is 294 g/mol. The van der Waals surface area contributed by atoms with E-state index in [2.05, 4.69) is 6.92 Å². The van der Waals surface area contributed by atoms with Crippen LogP contribution >= 0.6 is 0 Å². The molecular formula is C12H26N2O6. The van der Waals surface area contributed by atoms with Crippen LogP contribution in [-0.2, 0) is 0 Å². The van der Waals surface area contributed by atoms with Crippen LogP contribution < -0.4 is 0 Å². The molecule has 0 heterocycles. The van der Waals surface area contributed by atoms with E-state index < -0.39 is 21.7 Å². The van der Waals surface area contributed by atoms with Crippen molar-refractivity contribution in [2.45, 2.75) is 77.4 Å². The van der Waals surface area contributed by atoms with Gasteiger partial charge in [0.1, 0.15) is 6.10 Å². The molecule has 0 bridgehead atoms. The lowest BCUT2D eigenvalue weighted by Crippen LogP contribution is -2.43. The Morgan fingerprint density at radius 3 is 1.85 bits per heavy atom. The predicted octanol–water partition coefficient (Wildman–Crippen LogP) is 2.81. The van der Waals surface area contributed by atoms with Crippen molar-refractivity contribution in [2.75, 3.05) is 0 Å². The molecule has 1 atom stereocenters. The van der Waals surface area contributed by atoms with E-state index in [4.69, 9.17) is 15.3 Å². The van der Waals surface area contributed by atoms with Gasteiger partial charge in [-0.15, -0.1) is 10.1 Å². The summed E-state index contributed by atoms with van der Waals surface area (Å²) in [5.74, 6) is 0. The third-order valence-corrected chi connectivity index (χ3v) is 3.12. The molecule has 0 aliphatic heterocycles. The van der Waals surface area contributed by atoms with Gasteiger partial charge in [-0.1, -0.05) is 45.4 Å². The van der Waals surface area contributed by atoms with Crippen LogP contribution in [0.25, 0.3) is 0 Å². The minimum atomic E-state index is -1.50. The minimum absolute atomic E-state index is 0.394. The minimum Gasteiger partial charge on any atom is -0.386 e. The van der Waals surface area contributed by atoms with Gasteiger partial charge in [-0.2, -0.15) is 0 Å². The SMILES string of the molecule is CCCCCCCCC(O)C(C)(C)[N+](=O)[O-].O=[N+]([O-])O. The molecule has 120 valence electrons. The summed E-state index contributed by atoms with van der Waals surface area (Å²) >= 11 is 0. The predicted molar refractivity (Wildman–Crippen MR) is 73.9 cm³/mol. The first-order chi connectivity index (χ1) is 9.16. The number of aliphatic hydroxyl groups excluding tert-OH is 1. The summed E-state index contributed by atoms with van der Waals surface area (Å²) in [7, 11) is 0. The van der Waals surface area contributed by atoms with E-state index in [0.717, 1.165) is 12.8 Å². The molecule has 0 aromatic carbocycles. The van der Waals surface area contributed by atoms with Crippen LogP contribution in [0.5, 0.6) is 0 Å². The van der Waals surface area contributed by atoms with Crippen LogP contribution in [0.2, 0.25) is 0 Å². The summed E-state index contributed by atoms with van der Waals surface area (Å²) in [6.07, 6.45) is 6.49. The molecule has 20 heavy (non-hydrogen) atoms. The molecule has 1 unspecified atom stereocenters. The molecule has 0 spiro atoms. The quantitative estimate of drug-likeness (QED) is 0.382. The van der Waals surface area contributed by atoms with Crippen molar-refractivity contribution in [1.82, 2.24) is 0 Å². The molecule has 0 saturated heterocycles. The highest BCUT2D eigenvalue weighted by molar-refractivity contribution is 4.77. The van der Waals surface area contributed by atoms with Crippen molar-refractivity contribution in [3.63, 3.8) is 0 Å². The van der Waals surface area contributed by atoms with E-state index >= 15 is 0 Å². The molecule has 0 aromatic heterocycles. The maximum absolute atomic E-state index is 10.7. The molecule has 0 rings (SSSR count). The van der Waals surface area contributed by atoms with Crippen molar-refractivity contribution < 1.29 is 20.3 Å². The Morgan fingerprint density at radius 1 is 1.05 bits per heavy atom. The smallest absolute Gasteiger partial charge is 0.291 e. The fraction of sp³-hybridized carbons (Fsp3) is 1.00. The van der Waals surface area contributed by atoms with Crippen LogP contribution in [0.1, 0.15) is 65.7 Å².